The molecule has 0 aromatic heterocycles. The first-order valence-corrected chi connectivity index (χ1v) is 42.3. The Hall–Kier alpha value is -12.4. The molecule has 10 aromatic rings. The number of carboxylic acid groups (broad SMARTS) is 2. The van der Waals surface area contributed by atoms with E-state index in [-0.39, 0.29) is 48.8 Å². The lowest BCUT2D eigenvalue weighted by Crippen LogP contribution is -2.34. The predicted octanol–water partition coefficient (Wildman–Crippen LogP) is 15.5. The number of aliphatic hydroxyl groups is 6. The lowest BCUT2D eigenvalue weighted by atomic mass is 9.98. The molecule has 37 heteroatoms. The van der Waals surface area contributed by atoms with E-state index in [0.717, 1.165) is 47.5 Å². The van der Waals surface area contributed by atoms with Crippen molar-refractivity contribution < 1.29 is 140 Å². The number of carbonyl (C=O) groups excluding carboxylic acids is 4. The number of hydrogen-bond acceptors (Lipinski definition) is 23. The van der Waals surface area contributed by atoms with E-state index in [4.69, 9.17) is 39.8 Å². The second kappa shape index (κ2) is 46.6. The number of benzene rings is 10. The van der Waals surface area contributed by atoms with Crippen molar-refractivity contribution in [2.45, 2.75) is 155 Å². The molecule has 674 valence electrons. The molecule has 0 bridgehead atoms. The highest BCUT2D eigenvalue weighted by Crippen LogP contribution is 2.40. The van der Waals surface area contributed by atoms with Crippen LogP contribution in [0.15, 0.2) is 221 Å². The predicted molar refractivity (Wildman–Crippen MR) is 454 cm³/mol. The molecule has 0 unspecified atom stereocenters. The number of carboxylic acids is 2. The molecule has 0 fully saturated rings. The number of anilines is 3. The number of halogens is 7. The molecule has 0 spiro atoms. The monoisotopic (exact) mass is 1830 g/mol. The number of carbonyl (C=O) groups is 6. The minimum Gasteiger partial charge on any atom is -0.478 e. The zero-order chi connectivity index (χ0) is 93.2. The minimum absolute atomic E-state index is 0. The highest BCUT2D eigenvalue weighted by atomic mass is 35.7. The topological polar surface area (TPSA) is 431 Å². The maximum absolute atomic E-state index is 16.3. The number of nitrogens with zero attached hydrogens (tertiary/aromatic N) is 1. The van der Waals surface area contributed by atoms with E-state index in [1.54, 1.807) is 83.6 Å². The zero-order valence-corrected chi connectivity index (χ0v) is 71.4. The summed E-state index contributed by atoms with van der Waals surface area (Å²) in [6.45, 7) is 9.62. The largest absolute Gasteiger partial charge is 0.478 e. The van der Waals surface area contributed by atoms with Gasteiger partial charge in [0, 0.05) is 50.6 Å². The third-order valence-corrected chi connectivity index (χ3v) is 21.3. The standard InChI is InChI=1S/C34H33F2NO8S.C20H21F2NO8S.C16H15F2NO4.C14H11ClO4S.C4H8.CH4/c1-34(2,3)45-33(41)28-26(19-38)29(35)31(30(36)27(28)20-39)37(18-22-11-6-4-7-12-22)46(42,43)25-16-10-15-24(17-25)32(40)44-21-23-13-8-5-9-14-23;1-20(2,3)31-19(28)14-12(8-24)15(21)17(16(22)13(14)9-25)23-32(29,30)11-6-4-5-10(7-11)18(26)27;17-13-10(7-20)12(16(22)23)11(8-21)14(18)15(13)19-6-9-4-2-1-3-5-9;15-20(17,18)13-8-4-7-12(9-13)14(16)19-10-11-5-2-1-3-6-11;1-4(2)3;/h4-17,38-39H,18-21H2,1-3H3;4-7,23-25H,8-9H2,1-3H3,(H,26,27);1-5,19-21H,6-8H2,(H,22,23);1-9H,10H2;1H2,2-3H3;1H4. The van der Waals surface area contributed by atoms with Crippen molar-refractivity contribution in [1.82, 2.24) is 0 Å². The Morgan fingerprint density at radius 2 is 0.730 bits per heavy atom. The van der Waals surface area contributed by atoms with Crippen LogP contribution in [0.1, 0.15) is 181 Å². The molecule has 10 aromatic carbocycles. The zero-order valence-electron chi connectivity index (χ0n) is 68.2. The summed E-state index contributed by atoms with van der Waals surface area (Å²) in [4.78, 5) is 71.2. The van der Waals surface area contributed by atoms with E-state index < -0.39 is 234 Å². The molecule has 0 aliphatic rings. The Morgan fingerprint density at radius 3 is 1.09 bits per heavy atom. The molecule has 0 heterocycles. The Labute approximate surface area is 727 Å². The number of sulfonamides is 2. The van der Waals surface area contributed by atoms with Gasteiger partial charge in [-0.25, -0.2) is 80.4 Å². The first-order valence-electron chi connectivity index (χ1n) is 37.0. The highest BCUT2D eigenvalue weighted by Gasteiger charge is 2.39. The third-order valence-electron chi connectivity index (χ3n) is 16.9. The van der Waals surface area contributed by atoms with Crippen molar-refractivity contribution in [1.29, 1.82) is 0 Å². The van der Waals surface area contributed by atoms with Crippen molar-refractivity contribution in [2.24, 2.45) is 0 Å². The minimum atomic E-state index is -4.87. The van der Waals surface area contributed by atoms with Crippen molar-refractivity contribution in [3.63, 3.8) is 0 Å². The van der Waals surface area contributed by atoms with Crippen LogP contribution in [0.4, 0.5) is 43.4 Å². The third kappa shape index (κ3) is 28.3. The second-order valence-electron chi connectivity index (χ2n) is 28.8. The van der Waals surface area contributed by atoms with E-state index in [1.807, 2.05) is 44.2 Å². The van der Waals surface area contributed by atoms with Gasteiger partial charge in [-0.3, -0.25) is 9.03 Å². The van der Waals surface area contributed by atoms with Gasteiger partial charge < -0.3 is 65.1 Å². The summed E-state index contributed by atoms with van der Waals surface area (Å²) < 4.78 is 190. The molecule has 0 saturated carbocycles. The molecule has 0 radical (unpaired) electrons. The van der Waals surface area contributed by atoms with Gasteiger partial charge >= 0.3 is 35.8 Å². The molecule has 10 N–H and O–H groups in total. The van der Waals surface area contributed by atoms with Gasteiger partial charge in [0.05, 0.1) is 94.3 Å². The van der Waals surface area contributed by atoms with Crippen LogP contribution in [0.3, 0.4) is 0 Å². The van der Waals surface area contributed by atoms with Gasteiger partial charge in [-0.2, -0.15) is 0 Å². The number of ether oxygens (including phenoxy) is 4. The number of hydrogen-bond donors (Lipinski definition) is 10. The van der Waals surface area contributed by atoms with Crippen molar-refractivity contribution in [3.05, 3.63) is 330 Å². The van der Waals surface area contributed by atoms with Crippen LogP contribution in [0.2, 0.25) is 0 Å². The van der Waals surface area contributed by atoms with Gasteiger partial charge in [0.15, 0.2) is 34.9 Å². The number of aliphatic hydroxyl groups excluding tert-OH is 6. The summed E-state index contributed by atoms with van der Waals surface area (Å²) >= 11 is 0. The van der Waals surface area contributed by atoms with Crippen molar-refractivity contribution in [2.75, 3.05) is 14.3 Å². The Balaban J connectivity index is 0.000000308. The number of rotatable bonds is 28. The van der Waals surface area contributed by atoms with Crippen LogP contribution in [-0.4, -0.2) is 113 Å². The smallest absolute Gasteiger partial charge is 0.339 e. The van der Waals surface area contributed by atoms with Gasteiger partial charge in [0.25, 0.3) is 29.1 Å². The summed E-state index contributed by atoms with van der Waals surface area (Å²) in [6.07, 6.45) is 0. The van der Waals surface area contributed by atoms with E-state index in [9.17, 15) is 93.4 Å². The van der Waals surface area contributed by atoms with Gasteiger partial charge in [0.2, 0.25) is 0 Å². The number of nitrogens with one attached hydrogen (secondary N) is 2. The average molecular weight is 1830 g/mol. The Bertz CT molecular complexity index is 5820. The Kier molecular flexibility index (Phi) is 38.5. The number of allylic oxidation sites excluding steroid dienone is 1. The summed E-state index contributed by atoms with van der Waals surface area (Å²) in [6, 6.07) is 48.9. The quantitative estimate of drug-likeness (QED) is 0.00716. The van der Waals surface area contributed by atoms with Crippen LogP contribution >= 0.6 is 10.7 Å². The summed E-state index contributed by atoms with van der Waals surface area (Å²) in [5.41, 5.74) is -8.24. The molecule has 0 saturated heterocycles. The molecule has 0 amide bonds. The summed E-state index contributed by atoms with van der Waals surface area (Å²) in [5.74, 6) is -15.6. The lowest BCUT2D eigenvalue weighted by molar-refractivity contribution is 0.00500. The molecule has 126 heavy (non-hydrogen) atoms. The molecule has 0 atom stereocenters. The van der Waals surface area contributed by atoms with Gasteiger partial charge in [-0.05, 0) is 132 Å². The van der Waals surface area contributed by atoms with Crippen LogP contribution in [-0.2, 0) is 114 Å². The average Bonchev–Trinajstić information content (AvgIpc) is 0.722. The number of esters is 4. The summed E-state index contributed by atoms with van der Waals surface area (Å²) in [5, 5.41) is 78.6. The number of aromatic carboxylic acids is 2. The van der Waals surface area contributed by atoms with Crippen molar-refractivity contribution in [3.8, 4) is 0 Å². The van der Waals surface area contributed by atoms with Gasteiger partial charge in [0.1, 0.15) is 41.5 Å². The first kappa shape index (κ1) is 104. The Morgan fingerprint density at radius 1 is 0.413 bits per heavy atom. The van der Waals surface area contributed by atoms with E-state index >= 15 is 17.6 Å². The molecular formula is C89H92ClF6N3O24S3. The molecule has 10 rings (SSSR count). The lowest BCUT2D eigenvalue weighted by Gasteiger charge is -2.28. The van der Waals surface area contributed by atoms with E-state index in [2.05, 4.69) is 11.9 Å². The fourth-order valence-electron chi connectivity index (χ4n) is 11.3. The normalized spacial score (nSPS) is 11.2. The van der Waals surface area contributed by atoms with Gasteiger partial charge in [-0.15, -0.1) is 6.58 Å². The maximum atomic E-state index is 16.3. The van der Waals surface area contributed by atoms with E-state index in [0.29, 0.717) is 15.4 Å². The van der Waals surface area contributed by atoms with Crippen LogP contribution in [0.5, 0.6) is 0 Å². The van der Waals surface area contributed by atoms with Crippen LogP contribution in [0.25, 0.3) is 0 Å². The van der Waals surface area contributed by atoms with E-state index in [1.165, 1.54) is 95.6 Å². The summed E-state index contributed by atoms with van der Waals surface area (Å²) in [7, 11) is -8.20. The van der Waals surface area contributed by atoms with Gasteiger partial charge in [-0.1, -0.05) is 153 Å². The highest BCUT2D eigenvalue weighted by molar-refractivity contribution is 8.13. The van der Waals surface area contributed by atoms with Crippen LogP contribution < -0.4 is 14.3 Å². The SMILES string of the molecule is C.C=C(C)C.CC(C)(C)OC(=O)c1c(CO)c(F)c(N(Cc2ccccc2)S(=O)(=O)c2cccc(C(=O)OCc3ccccc3)c2)c(F)c1CO.CC(C)(C)OC(=O)c1c(CO)c(F)c(NS(=O)(=O)c2cccc(C(=O)O)c2)c(F)c1CO.O=C(O)c1c(CO)c(F)c(NCc2ccccc2)c(F)c1CO.O=C(OCc1ccccc1)c1cccc(S(=O)(=O)Cl)c1. The molecular weight excluding hydrogens is 1740 g/mol. The van der Waals surface area contributed by atoms with Crippen LogP contribution in [0, 0.1) is 34.9 Å². The second-order valence-corrected chi connectivity index (χ2v) is 34.9. The fourth-order valence-corrected chi connectivity index (χ4v) is 14.7. The maximum Gasteiger partial charge on any atom is 0.339 e. The fraction of sp³-hybridized carbons (Fsp3) is 0.236. The molecule has 0 aliphatic heterocycles. The van der Waals surface area contributed by atoms with Crippen molar-refractivity contribution >= 4 is 92.7 Å². The molecule has 27 nitrogen and oxygen atoms in total. The molecule has 0 aliphatic carbocycles. The first-order chi connectivity index (χ1) is 58.7.